The Morgan fingerprint density at radius 2 is 1.72 bits per heavy atom. The van der Waals surface area contributed by atoms with E-state index in [0.29, 0.717) is 23.5 Å². The molecule has 0 bridgehead atoms. The van der Waals surface area contributed by atoms with Gasteiger partial charge in [0.25, 0.3) is 0 Å². The van der Waals surface area contributed by atoms with Crippen molar-refractivity contribution in [2.24, 2.45) is 5.92 Å². The number of esters is 1. The van der Waals surface area contributed by atoms with Crippen LogP contribution in [0.25, 0.3) is 0 Å². The number of carbonyl (C=O) groups is 2. The van der Waals surface area contributed by atoms with Crippen LogP contribution in [0.3, 0.4) is 0 Å². The highest BCUT2D eigenvalue weighted by molar-refractivity contribution is 9.10. The van der Waals surface area contributed by atoms with E-state index in [1.54, 1.807) is 0 Å². The van der Waals surface area contributed by atoms with Gasteiger partial charge in [-0.2, -0.15) is 0 Å². The summed E-state index contributed by atoms with van der Waals surface area (Å²) in [5, 5.41) is 0. The summed E-state index contributed by atoms with van der Waals surface area (Å²) in [6, 6.07) is 7.38. The topological polar surface area (TPSA) is 43.4 Å². The SMILES string of the molecule is CCC1=C/C(=O)O[C@@H](C)CCCCCC[C@H](C)C/C=C\1C(=O)c1ccc(Br)cc1. The lowest BCUT2D eigenvalue weighted by atomic mass is 9.91. The zero-order valence-corrected chi connectivity index (χ0v) is 19.5. The van der Waals surface area contributed by atoms with Crippen molar-refractivity contribution in [2.75, 3.05) is 0 Å². The summed E-state index contributed by atoms with van der Waals surface area (Å²) in [5.74, 6) is 0.117. The van der Waals surface area contributed by atoms with Crippen molar-refractivity contribution in [3.05, 3.63) is 57.6 Å². The molecule has 1 aliphatic heterocycles. The standard InChI is InChI=1S/C25H33BrO3/c1-4-20-17-24(27)29-19(3)10-8-6-5-7-9-18(2)11-16-23(20)25(28)21-12-14-22(26)15-13-21/h12-19H,4-11H2,1-3H3/b20-17-,23-16+/t18-,19-/m0/s1. The molecule has 0 spiro atoms. The van der Waals surface area contributed by atoms with Crippen molar-refractivity contribution in [3.8, 4) is 0 Å². The van der Waals surface area contributed by atoms with E-state index < -0.39 is 0 Å². The summed E-state index contributed by atoms with van der Waals surface area (Å²) < 4.78 is 6.50. The lowest BCUT2D eigenvalue weighted by Crippen LogP contribution is -2.14. The molecule has 0 aromatic heterocycles. The van der Waals surface area contributed by atoms with Gasteiger partial charge < -0.3 is 4.74 Å². The van der Waals surface area contributed by atoms with E-state index in [1.165, 1.54) is 25.3 Å². The Morgan fingerprint density at radius 3 is 2.38 bits per heavy atom. The lowest BCUT2D eigenvalue weighted by molar-refractivity contribution is -0.142. The van der Waals surface area contributed by atoms with Gasteiger partial charge in [0.05, 0.1) is 6.10 Å². The number of hydrogen-bond acceptors (Lipinski definition) is 3. The number of allylic oxidation sites excluding steroid dienone is 3. The molecule has 158 valence electrons. The van der Waals surface area contributed by atoms with Crippen molar-refractivity contribution >= 4 is 27.7 Å². The molecule has 1 aromatic carbocycles. The molecule has 0 radical (unpaired) electrons. The molecule has 0 aliphatic carbocycles. The van der Waals surface area contributed by atoms with Crippen LogP contribution in [-0.2, 0) is 9.53 Å². The number of rotatable bonds is 3. The average molecular weight is 461 g/mol. The maximum atomic E-state index is 13.3. The first-order valence-corrected chi connectivity index (χ1v) is 11.6. The molecule has 1 aromatic rings. The van der Waals surface area contributed by atoms with Crippen LogP contribution in [0.1, 0.15) is 82.5 Å². The van der Waals surface area contributed by atoms with Gasteiger partial charge in [0.2, 0.25) is 0 Å². The molecular weight excluding hydrogens is 428 g/mol. The Kier molecular flexibility index (Phi) is 9.86. The van der Waals surface area contributed by atoms with Crippen LogP contribution in [0.15, 0.2) is 52.0 Å². The fourth-order valence-corrected chi connectivity index (χ4v) is 3.91. The third-order valence-electron chi connectivity index (χ3n) is 5.47. The monoisotopic (exact) mass is 460 g/mol. The number of Topliss-reactive ketones (excluding diaryl/α,β-unsaturated/α-hetero) is 1. The van der Waals surface area contributed by atoms with Gasteiger partial charge in [-0.25, -0.2) is 4.79 Å². The van der Waals surface area contributed by atoms with Crippen molar-refractivity contribution in [1.29, 1.82) is 0 Å². The minimum absolute atomic E-state index is 0.0389. The smallest absolute Gasteiger partial charge is 0.331 e. The largest absolute Gasteiger partial charge is 0.460 e. The fraction of sp³-hybridized carbons (Fsp3) is 0.520. The first-order chi connectivity index (χ1) is 13.9. The van der Waals surface area contributed by atoms with E-state index in [4.69, 9.17) is 4.74 Å². The maximum absolute atomic E-state index is 13.3. The van der Waals surface area contributed by atoms with E-state index in [9.17, 15) is 9.59 Å². The molecule has 0 N–H and O–H groups in total. The Bertz CT molecular complexity index is 746. The van der Waals surface area contributed by atoms with Gasteiger partial charge in [0.1, 0.15) is 0 Å². The fourth-order valence-electron chi connectivity index (χ4n) is 3.65. The molecule has 0 saturated carbocycles. The summed E-state index contributed by atoms with van der Waals surface area (Å²) in [6.07, 6.45) is 11.6. The van der Waals surface area contributed by atoms with E-state index in [-0.39, 0.29) is 17.9 Å². The third-order valence-corrected chi connectivity index (χ3v) is 6.00. The van der Waals surface area contributed by atoms with E-state index >= 15 is 0 Å². The Labute approximate surface area is 183 Å². The molecule has 2 atom stereocenters. The molecule has 3 nitrogen and oxygen atoms in total. The second kappa shape index (κ2) is 12.1. The Hall–Kier alpha value is -1.68. The summed E-state index contributed by atoms with van der Waals surface area (Å²) in [7, 11) is 0. The molecule has 0 unspecified atom stereocenters. The van der Waals surface area contributed by atoms with Crippen LogP contribution in [0.5, 0.6) is 0 Å². The highest BCUT2D eigenvalue weighted by Gasteiger charge is 2.18. The van der Waals surface area contributed by atoms with Crippen LogP contribution in [0, 0.1) is 5.92 Å². The average Bonchev–Trinajstić information content (AvgIpc) is 2.69. The van der Waals surface area contributed by atoms with Gasteiger partial charge in [-0.15, -0.1) is 0 Å². The summed E-state index contributed by atoms with van der Waals surface area (Å²) in [6.45, 7) is 6.16. The maximum Gasteiger partial charge on any atom is 0.331 e. The molecule has 0 fully saturated rings. The molecule has 1 aliphatic rings. The molecule has 1 heterocycles. The molecule has 29 heavy (non-hydrogen) atoms. The minimum atomic E-state index is -0.355. The number of ketones is 1. The zero-order valence-electron chi connectivity index (χ0n) is 17.9. The summed E-state index contributed by atoms with van der Waals surface area (Å²) >= 11 is 3.42. The normalized spacial score (nSPS) is 26.1. The minimum Gasteiger partial charge on any atom is -0.460 e. The van der Waals surface area contributed by atoms with Gasteiger partial charge in [-0.3, -0.25) is 4.79 Å². The van der Waals surface area contributed by atoms with Crippen LogP contribution in [0.2, 0.25) is 0 Å². The Balaban J connectivity index is 2.36. The molecule has 0 amide bonds. The van der Waals surface area contributed by atoms with Crippen molar-refractivity contribution < 1.29 is 14.3 Å². The lowest BCUT2D eigenvalue weighted by Gasteiger charge is -2.14. The van der Waals surface area contributed by atoms with Gasteiger partial charge in [0, 0.05) is 21.7 Å². The van der Waals surface area contributed by atoms with Crippen LogP contribution in [0.4, 0.5) is 0 Å². The van der Waals surface area contributed by atoms with Crippen molar-refractivity contribution in [1.82, 2.24) is 0 Å². The summed E-state index contributed by atoms with van der Waals surface area (Å²) in [4.78, 5) is 25.7. The molecule has 4 heteroatoms. The number of carbonyl (C=O) groups excluding carboxylic acids is 2. The molecular formula is C25H33BrO3. The Morgan fingerprint density at radius 1 is 1.07 bits per heavy atom. The highest BCUT2D eigenvalue weighted by atomic mass is 79.9. The number of benzene rings is 1. The zero-order chi connectivity index (χ0) is 21.2. The molecule has 2 rings (SSSR count). The highest BCUT2D eigenvalue weighted by Crippen LogP contribution is 2.25. The number of hydrogen-bond donors (Lipinski definition) is 0. The number of halogens is 1. The quantitative estimate of drug-likeness (QED) is 0.353. The second-order valence-electron chi connectivity index (χ2n) is 8.06. The van der Waals surface area contributed by atoms with Gasteiger partial charge in [-0.05, 0) is 68.4 Å². The summed E-state index contributed by atoms with van der Waals surface area (Å²) in [5.41, 5.74) is 2.00. The number of ether oxygens (including phenoxy) is 1. The predicted octanol–water partition coefficient (Wildman–Crippen LogP) is 7.21. The van der Waals surface area contributed by atoms with Crippen molar-refractivity contribution in [2.45, 2.75) is 78.2 Å². The van der Waals surface area contributed by atoms with Crippen LogP contribution >= 0.6 is 15.9 Å². The first kappa shape index (κ1) is 23.6. The van der Waals surface area contributed by atoms with Crippen LogP contribution < -0.4 is 0 Å². The van der Waals surface area contributed by atoms with E-state index in [2.05, 4.69) is 22.9 Å². The number of cyclic esters (lactones) is 1. The van der Waals surface area contributed by atoms with Crippen LogP contribution in [-0.4, -0.2) is 17.9 Å². The van der Waals surface area contributed by atoms with E-state index in [0.717, 1.165) is 35.7 Å². The molecule has 0 saturated heterocycles. The third kappa shape index (κ3) is 7.93. The van der Waals surface area contributed by atoms with Crippen molar-refractivity contribution in [3.63, 3.8) is 0 Å². The van der Waals surface area contributed by atoms with Gasteiger partial charge in [-0.1, -0.05) is 61.5 Å². The van der Waals surface area contributed by atoms with E-state index in [1.807, 2.05) is 44.2 Å². The predicted molar refractivity (Wildman–Crippen MR) is 122 cm³/mol. The first-order valence-electron chi connectivity index (χ1n) is 10.8. The van der Waals surface area contributed by atoms with Gasteiger partial charge in [0.15, 0.2) is 5.78 Å². The van der Waals surface area contributed by atoms with Gasteiger partial charge >= 0.3 is 5.97 Å². The second-order valence-corrected chi connectivity index (χ2v) is 8.97.